The van der Waals surface area contributed by atoms with E-state index in [-0.39, 0.29) is 11.3 Å². The number of aromatic hydroxyl groups is 1. The van der Waals surface area contributed by atoms with E-state index in [1.54, 1.807) is 24.3 Å². The number of unbranched alkanes of at least 4 members (excludes halogenated alkanes) is 1. The summed E-state index contributed by atoms with van der Waals surface area (Å²) in [6, 6.07) is 7.04. The maximum Gasteiger partial charge on any atom is 0.338 e. The van der Waals surface area contributed by atoms with Gasteiger partial charge in [-0.3, -0.25) is 0 Å². The van der Waals surface area contributed by atoms with E-state index in [1.165, 1.54) is 4.80 Å². The maximum absolute atomic E-state index is 11.8. The van der Waals surface area contributed by atoms with Crippen molar-refractivity contribution in [1.82, 2.24) is 15.0 Å². The Labute approximate surface area is 145 Å². The highest BCUT2D eigenvalue weighted by molar-refractivity contribution is 6.02. The molecule has 6 heteroatoms. The molecule has 0 amide bonds. The second kappa shape index (κ2) is 6.55. The number of aryl methyl sites for hydroxylation is 3. The number of hydrogen-bond donors (Lipinski definition) is 2. The van der Waals surface area contributed by atoms with Gasteiger partial charge in [-0.15, -0.1) is 15.0 Å². The molecule has 0 radical (unpaired) electrons. The van der Waals surface area contributed by atoms with E-state index in [0.717, 1.165) is 29.5 Å². The summed E-state index contributed by atoms with van der Waals surface area (Å²) in [7, 11) is 0. The number of nitrogens with zero attached hydrogens (tertiary/aromatic N) is 3. The highest BCUT2D eigenvalue weighted by Crippen LogP contribution is 2.27. The fourth-order valence-corrected chi connectivity index (χ4v) is 2.89. The van der Waals surface area contributed by atoms with Crippen LogP contribution in [0.4, 0.5) is 0 Å². The summed E-state index contributed by atoms with van der Waals surface area (Å²) in [4.78, 5) is 13.1. The Morgan fingerprint density at radius 1 is 1.16 bits per heavy atom. The van der Waals surface area contributed by atoms with Crippen molar-refractivity contribution in [2.75, 3.05) is 0 Å². The molecule has 0 atom stereocenters. The van der Waals surface area contributed by atoms with Gasteiger partial charge in [0.2, 0.25) is 0 Å². The van der Waals surface area contributed by atoms with Crippen LogP contribution in [0.5, 0.6) is 5.75 Å². The maximum atomic E-state index is 11.8. The summed E-state index contributed by atoms with van der Waals surface area (Å²) in [5, 5.41) is 28.6. The molecule has 0 saturated carbocycles. The number of hydrogen-bond acceptors (Lipinski definition) is 4. The first-order valence-electron chi connectivity index (χ1n) is 8.35. The van der Waals surface area contributed by atoms with Crippen LogP contribution in [0.2, 0.25) is 0 Å². The topological polar surface area (TPSA) is 88.2 Å². The van der Waals surface area contributed by atoms with Crippen molar-refractivity contribution >= 4 is 17.0 Å². The Morgan fingerprint density at radius 3 is 2.56 bits per heavy atom. The molecule has 0 spiro atoms. The minimum Gasteiger partial charge on any atom is -0.506 e. The molecule has 0 bridgehead atoms. The normalized spacial score (nSPS) is 11.2. The smallest absolute Gasteiger partial charge is 0.338 e. The molecule has 2 aromatic carbocycles. The lowest BCUT2D eigenvalue weighted by atomic mass is 10.0. The van der Waals surface area contributed by atoms with Gasteiger partial charge in [0.15, 0.2) is 0 Å². The second-order valence-electron chi connectivity index (χ2n) is 6.29. The number of rotatable bonds is 5. The molecular formula is C19H21N3O3. The van der Waals surface area contributed by atoms with E-state index in [4.69, 9.17) is 0 Å². The van der Waals surface area contributed by atoms with Crippen LogP contribution in [0.3, 0.4) is 0 Å². The predicted molar refractivity (Wildman–Crippen MR) is 95.6 cm³/mol. The summed E-state index contributed by atoms with van der Waals surface area (Å²) in [6.45, 7) is 5.92. The fourth-order valence-electron chi connectivity index (χ4n) is 2.89. The van der Waals surface area contributed by atoms with Gasteiger partial charge in [-0.1, -0.05) is 19.4 Å². The van der Waals surface area contributed by atoms with Crippen LogP contribution in [0.15, 0.2) is 24.3 Å². The molecule has 2 N–H and O–H groups in total. The third kappa shape index (κ3) is 3.07. The van der Waals surface area contributed by atoms with Crippen LogP contribution in [-0.4, -0.2) is 31.2 Å². The number of benzene rings is 2. The Bertz CT molecular complexity index is 960. The first-order chi connectivity index (χ1) is 11.9. The van der Waals surface area contributed by atoms with Crippen molar-refractivity contribution in [2.45, 2.75) is 40.0 Å². The van der Waals surface area contributed by atoms with Gasteiger partial charge in [-0.2, -0.15) is 0 Å². The molecule has 0 aliphatic rings. The van der Waals surface area contributed by atoms with Crippen LogP contribution < -0.4 is 0 Å². The summed E-state index contributed by atoms with van der Waals surface area (Å²) in [6.07, 6.45) is 2.59. The summed E-state index contributed by atoms with van der Waals surface area (Å²) < 4.78 is 0. The molecule has 0 saturated heterocycles. The fraction of sp³-hybridized carbons (Fsp3) is 0.316. The van der Waals surface area contributed by atoms with E-state index >= 15 is 0 Å². The Morgan fingerprint density at radius 2 is 1.88 bits per heavy atom. The molecule has 0 fully saturated rings. The van der Waals surface area contributed by atoms with Gasteiger partial charge in [0.1, 0.15) is 22.5 Å². The van der Waals surface area contributed by atoms with E-state index in [1.807, 2.05) is 13.8 Å². The van der Waals surface area contributed by atoms with Crippen LogP contribution >= 0.6 is 0 Å². The highest BCUT2D eigenvalue weighted by atomic mass is 16.4. The number of aromatic nitrogens is 3. The molecule has 1 heterocycles. The predicted octanol–water partition coefficient (Wildman–Crippen LogP) is 3.78. The van der Waals surface area contributed by atoms with Crippen molar-refractivity contribution in [2.24, 2.45) is 0 Å². The van der Waals surface area contributed by atoms with Crippen LogP contribution in [0, 0.1) is 13.8 Å². The van der Waals surface area contributed by atoms with Crippen molar-refractivity contribution in [3.8, 4) is 11.4 Å². The van der Waals surface area contributed by atoms with Crippen LogP contribution in [0.25, 0.3) is 16.7 Å². The average molecular weight is 339 g/mol. The molecule has 0 aliphatic carbocycles. The molecule has 0 unspecified atom stereocenters. The largest absolute Gasteiger partial charge is 0.506 e. The molecule has 1 aromatic heterocycles. The van der Waals surface area contributed by atoms with Gasteiger partial charge in [0, 0.05) is 0 Å². The molecule has 25 heavy (non-hydrogen) atoms. The number of carbonyl (C=O) groups is 1. The summed E-state index contributed by atoms with van der Waals surface area (Å²) in [5.41, 5.74) is 4.20. The minimum atomic E-state index is -1.01. The molecule has 130 valence electrons. The third-order valence-corrected chi connectivity index (χ3v) is 4.46. The van der Waals surface area contributed by atoms with Crippen molar-refractivity contribution < 1.29 is 15.0 Å². The third-order valence-electron chi connectivity index (χ3n) is 4.46. The van der Waals surface area contributed by atoms with Gasteiger partial charge in [-0.05, 0) is 61.6 Å². The van der Waals surface area contributed by atoms with Crippen molar-refractivity contribution in [3.05, 3.63) is 46.5 Å². The number of carboxylic acids is 1. The standard InChI is InChI=1S/C19H21N3O3/c1-4-5-6-13-7-8-14-18(17(13)19(24)25)21-22(20-14)15-9-11(2)12(3)10-16(15)23/h7-10,23H,4-6H2,1-3H3,(H,24,25). The van der Waals surface area contributed by atoms with E-state index in [9.17, 15) is 15.0 Å². The quantitative estimate of drug-likeness (QED) is 0.738. The second-order valence-corrected chi connectivity index (χ2v) is 6.29. The van der Waals surface area contributed by atoms with E-state index in [0.29, 0.717) is 23.1 Å². The van der Waals surface area contributed by atoms with Gasteiger partial charge < -0.3 is 10.2 Å². The Hall–Kier alpha value is -2.89. The average Bonchev–Trinajstić information content (AvgIpc) is 2.98. The monoisotopic (exact) mass is 339 g/mol. The first kappa shape index (κ1) is 17.0. The first-order valence-corrected chi connectivity index (χ1v) is 8.35. The highest BCUT2D eigenvalue weighted by Gasteiger charge is 2.19. The molecule has 3 aromatic rings. The Balaban J connectivity index is 2.19. The number of carboxylic acid groups (broad SMARTS) is 1. The van der Waals surface area contributed by atoms with Crippen molar-refractivity contribution in [1.29, 1.82) is 0 Å². The summed E-state index contributed by atoms with van der Waals surface area (Å²) >= 11 is 0. The van der Waals surface area contributed by atoms with Gasteiger partial charge >= 0.3 is 5.97 Å². The molecule has 3 rings (SSSR count). The zero-order valence-corrected chi connectivity index (χ0v) is 14.6. The zero-order chi connectivity index (χ0) is 18.1. The molecular weight excluding hydrogens is 318 g/mol. The number of fused-ring (bicyclic) bond motifs is 1. The van der Waals surface area contributed by atoms with E-state index < -0.39 is 5.97 Å². The number of aromatic carboxylic acids is 1. The van der Waals surface area contributed by atoms with E-state index in [2.05, 4.69) is 17.1 Å². The van der Waals surface area contributed by atoms with Crippen LogP contribution in [0.1, 0.15) is 46.8 Å². The van der Waals surface area contributed by atoms with Gasteiger partial charge in [-0.25, -0.2) is 4.79 Å². The number of phenols is 1. The lowest BCUT2D eigenvalue weighted by Gasteiger charge is -2.07. The Kier molecular flexibility index (Phi) is 4.44. The lowest BCUT2D eigenvalue weighted by molar-refractivity contribution is 0.0697. The lowest BCUT2D eigenvalue weighted by Crippen LogP contribution is -2.04. The zero-order valence-electron chi connectivity index (χ0n) is 14.6. The summed E-state index contributed by atoms with van der Waals surface area (Å²) in [5.74, 6) is -0.945. The van der Waals surface area contributed by atoms with Gasteiger partial charge in [0.05, 0.1) is 5.56 Å². The van der Waals surface area contributed by atoms with Crippen LogP contribution in [-0.2, 0) is 6.42 Å². The van der Waals surface area contributed by atoms with Crippen molar-refractivity contribution in [3.63, 3.8) is 0 Å². The van der Waals surface area contributed by atoms with Gasteiger partial charge in [0.25, 0.3) is 0 Å². The molecule has 0 aliphatic heterocycles. The SMILES string of the molecule is CCCCc1ccc2nn(-c3cc(C)c(C)cc3O)nc2c1C(=O)O. The molecule has 6 nitrogen and oxygen atoms in total. The minimum absolute atomic E-state index is 0.0616. The number of phenolic OH excluding ortho intramolecular Hbond substituents is 1.